The smallest absolute Gasteiger partial charge is 0.255 e. The maximum atomic E-state index is 12.4. The highest BCUT2D eigenvalue weighted by molar-refractivity contribution is 6.04. The Hall–Kier alpha value is -2.82. The minimum absolute atomic E-state index is 0.0554. The summed E-state index contributed by atoms with van der Waals surface area (Å²) in [5, 5.41) is 5.86. The fourth-order valence-electron chi connectivity index (χ4n) is 2.53. The summed E-state index contributed by atoms with van der Waals surface area (Å²) >= 11 is 0. The van der Waals surface area contributed by atoms with Gasteiger partial charge in [-0.3, -0.25) is 9.59 Å². The second-order valence-corrected chi connectivity index (χ2v) is 6.61. The van der Waals surface area contributed by atoms with Crippen molar-refractivity contribution in [3.8, 4) is 0 Å². The summed E-state index contributed by atoms with van der Waals surface area (Å²) < 4.78 is 0. The standard InChI is InChI=1S/C20H23N3O2/c1-23(2)18-5-3-4-15(13-18)20(25)22-17-8-6-14(7-9-17)12-19(24)21-16-10-11-16/h3-9,13,16H,10-12H2,1-2H3,(H,21,24)(H,22,25). The first kappa shape index (κ1) is 17.0. The second-order valence-electron chi connectivity index (χ2n) is 6.61. The molecule has 1 aliphatic carbocycles. The molecular formula is C20H23N3O2. The number of hydrogen-bond donors (Lipinski definition) is 2. The van der Waals surface area contributed by atoms with Gasteiger partial charge >= 0.3 is 0 Å². The lowest BCUT2D eigenvalue weighted by atomic mass is 10.1. The van der Waals surface area contributed by atoms with E-state index in [1.807, 2.05) is 61.5 Å². The summed E-state index contributed by atoms with van der Waals surface area (Å²) in [7, 11) is 3.88. The number of hydrogen-bond acceptors (Lipinski definition) is 3. The minimum Gasteiger partial charge on any atom is -0.378 e. The Morgan fingerprint density at radius 3 is 2.44 bits per heavy atom. The van der Waals surface area contributed by atoms with Gasteiger partial charge in [0.25, 0.3) is 5.91 Å². The van der Waals surface area contributed by atoms with Crippen LogP contribution in [0, 0.1) is 0 Å². The van der Waals surface area contributed by atoms with E-state index in [9.17, 15) is 9.59 Å². The first-order valence-electron chi connectivity index (χ1n) is 8.48. The first-order chi connectivity index (χ1) is 12.0. The summed E-state index contributed by atoms with van der Waals surface area (Å²) in [5.74, 6) is -0.0947. The van der Waals surface area contributed by atoms with E-state index in [0.717, 1.165) is 24.1 Å². The molecular weight excluding hydrogens is 314 g/mol. The van der Waals surface area contributed by atoms with Gasteiger partial charge in [0.1, 0.15) is 0 Å². The lowest BCUT2D eigenvalue weighted by molar-refractivity contribution is -0.120. The Morgan fingerprint density at radius 1 is 1.08 bits per heavy atom. The van der Waals surface area contributed by atoms with Gasteiger partial charge in [-0.05, 0) is 48.7 Å². The predicted molar refractivity (Wildman–Crippen MR) is 100 cm³/mol. The molecule has 3 rings (SSSR count). The normalized spacial score (nSPS) is 13.2. The molecule has 25 heavy (non-hydrogen) atoms. The number of carbonyl (C=O) groups is 2. The van der Waals surface area contributed by atoms with Crippen LogP contribution >= 0.6 is 0 Å². The third-order valence-electron chi connectivity index (χ3n) is 4.14. The van der Waals surface area contributed by atoms with Gasteiger partial charge in [-0.15, -0.1) is 0 Å². The molecule has 130 valence electrons. The van der Waals surface area contributed by atoms with Crippen LogP contribution in [0.2, 0.25) is 0 Å². The first-order valence-corrected chi connectivity index (χ1v) is 8.48. The molecule has 0 heterocycles. The zero-order valence-electron chi connectivity index (χ0n) is 14.6. The van der Waals surface area contributed by atoms with Gasteiger partial charge in [0.2, 0.25) is 5.91 Å². The molecule has 2 aromatic carbocycles. The third-order valence-corrected chi connectivity index (χ3v) is 4.14. The highest BCUT2D eigenvalue weighted by atomic mass is 16.2. The SMILES string of the molecule is CN(C)c1cccc(C(=O)Nc2ccc(CC(=O)NC3CC3)cc2)c1. The van der Waals surface area contributed by atoms with Crippen molar-refractivity contribution in [1.29, 1.82) is 0 Å². The second kappa shape index (κ2) is 7.38. The zero-order chi connectivity index (χ0) is 17.8. The van der Waals surface area contributed by atoms with Crippen molar-refractivity contribution < 1.29 is 9.59 Å². The monoisotopic (exact) mass is 337 g/mol. The molecule has 2 amide bonds. The van der Waals surface area contributed by atoms with Crippen LogP contribution in [-0.2, 0) is 11.2 Å². The lowest BCUT2D eigenvalue weighted by Crippen LogP contribution is -2.26. The molecule has 0 bridgehead atoms. The summed E-state index contributed by atoms with van der Waals surface area (Å²) in [6, 6.07) is 15.2. The average Bonchev–Trinajstić information content (AvgIpc) is 3.40. The Balaban J connectivity index is 1.59. The van der Waals surface area contributed by atoms with E-state index in [1.165, 1.54) is 0 Å². The fraction of sp³-hybridized carbons (Fsp3) is 0.300. The number of nitrogens with one attached hydrogen (secondary N) is 2. The molecule has 0 aromatic heterocycles. The van der Waals surface area contributed by atoms with E-state index in [4.69, 9.17) is 0 Å². The summed E-state index contributed by atoms with van der Waals surface area (Å²) in [6.07, 6.45) is 2.55. The van der Waals surface area contributed by atoms with Gasteiger partial charge in [0, 0.05) is 37.1 Å². The van der Waals surface area contributed by atoms with E-state index < -0.39 is 0 Å². The van der Waals surface area contributed by atoms with Crippen LogP contribution in [0.4, 0.5) is 11.4 Å². The molecule has 0 spiro atoms. The average molecular weight is 337 g/mol. The molecule has 1 fully saturated rings. The largest absolute Gasteiger partial charge is 0.378 e. The van der Waals surface area contributed by atoms with Gasteiger partial charge in [-0.2, -0.15) is 0 Å². The van der Waals surface area contributed by atoms with E-state index in [2.05, 4.69) is 10.6 Å². The van der Waals surface area contributed by atoms with Crippen LogP contribution in [0.5, 0.6) is 0 Å². The van der Waals surface area contributed by atoms with Crippen molar-refractivity contribution in [2.24, 2.45) is 0 Å². The number of amides is 2. The van der Waals surface area contributed by atoms with Crippen LogP contribution in [0.25, 0.3) is 0 Å². The Bertz CT molecular complexity index is 765. The van der Waals surface area contributed by atoms with E-state index in [0.29, 0.717) is 23.7 Å². The highest BCUT2D eigenvalue weighted by Gasteiger charge is 2.23. The van der Waals surface area contributed by atoms with Gasteiger partial charge in [-0.25, -0.2) is 0 Å². The lowest BCUT2D eigenvalue weighted by Gasteiger charge is -2.13. The zero-order valence-corrected chi connectivity index (χ0v) is 14.6. The van der Waals surface area contributed by atoms with Crippen molar-refractivity contribution in [3.63, 3.8) is 0 Å². The molecule has 0 aliphatic heterocycles. The van der Waals surface area contributed by atoms with Crippen LogP contribution in [0.1, 0.15) is 28.8 Å². The predicted octanol–water partition coefficient (Wildman–Crippen LogP) is 2.83. The van der Waals surface area contributed by atoms with Gasteiger partial charge < -0.3 is 15.5 Å². The molecule has 5 nitrogen and oxygen atoms in total. The van der Waals surface area contributed by atoms with Crippen LogP contribution in [-0.4, -0.2) is 32.0 Å². The quantitative estimate of drug-likeness (QED) is 0.852. The van der Waals surface area contributed by atoms with Gasteiger partial charge in [0.05, 0.1) is 6.42 Å². The Morgan fingerprint density at radius 2 is 1.80 bits per heavy atom. The number of anilines is 2. The molecule has 5 heteroatoms. The van der Waals surface area contributed by atoms with Crippen molar-refractivity contribution in [3.05, 3.63) is 59.7 Å². The molecule has 0 atom stereocenters. The highest BCUT2D eigenvalue weighted by Crippen LogP contribution is 2.19. The summed E-state index contributed by atoms with van der Waals surface area (Å²) in [4.78, 5) is 26.2. The van der Waals surface area contributed by atoms with E-state index in [1.54, 1.807) is 6.07 Å². The van der Waals surface area contributed by atoms with Crippen LogP contribution < -0.4 is 15.5 Å². The molecule has 2 N–H and O–H groups in total. The minimum atomic E-state index is -0.150. The maximum Gasteiger partial charge on any atom is 0.255 e. The number of nitrogens with zero attached hydrogens (tertiary/aromatic N) is 1. The summed E-state index contributed by atoms with van der Waals surface area (Å²) in [5.41, 5.74) is 3.24. The maximum absolute atomic E-state index is 12.4. The van der Waals surface area contributed by atoms with Crippen LogP contribution in [0.15, 0.2) is 48.5 Å². The van der Waals surface area contributed by atoms with Crippen molar-refractivity contribution in [2.75, 3.05) is 24.3 Å². The summed E-state index contributed by atoms with van der Waals surface area (Å²) in [6.45, 7) is 0. The number of benzene rings is 2. The van der Waals surface area contributed by atoms with Gasteiger partial charge in [0.15, 0.2) is 0 Å². The van der Waals surface area contributed by atoms with E-state index in [-0.39, 0.29) is 11.8 Å². The molecule has 1 saturated carbocycles. The van der Waals surface area contributed by atoms with Crippen molar-refractivity contribution >= 4 is 23.2 Å². The van der Waals surface area contributed by atoms with E-state index >= 15 is 0 Å². The molecule has 0 radical (unpaired) electrons. The molecule has 1 aliphatic rings. The Kier molecular flexibility index (Phi) is 5.03. The third kappa shape index (κ3) is 4.83. The van der Waals surface area contributed by atoms with Crippen LogP contribution in [0.3, 0.4) is 0 Å². The number of rotatable bonds is 6. The van der Waals surface area contributed by atoms with Crippen molar-refractivity contribution in [1.82, 2.24) is 5.32 Å². The van der Waals surface area contributed by atoms with Gasteiger partial charge in [-0.1, -0.05) is 18.2 Å². The number of carbonyl (C=O) groups excluding carboxylic acids is 2. The topological polar surface area (TPSA) is 61.4 Å². The fourth-order valence-corrected chi connectivity index (χ4v) is 2.53. The Labute approximate surface area is 148 Å². The van der Waals surface area contributed by atoms with Crippen molar-refractivity contribution in [2.45, 2.75) is 25.3 Å². The molecule has 2 aromatic rings. The molecule has 0 saturated heterocycles. The molecule has 0 unspecified atom stereocenters.